The predicted octanol–water partition coefficient (Wildman–Crippen LogP) is 0.276. The molecule has 350 valence electrons. The van der Waals surface area contributed by atoms with Crippen LogP contribution in [0.3, 0.4) is 0 Å². The number of rotatable bonds is 18. The minimum absolute atomic E-state index is 0.00691. The van der Waals surface area contributed by atoms with E-state index in [-0.39, 0.29) is 69.6 Å². The Morgan fingerprint density at radius 2 is 1.03 bits per heavy atom. The van der Waals surface area contributed by atoms with Crippen molar-refractivity contribution in [3.05, 3.63) is 34.3 Å². The van der Waals surface area contributed by atoms with Crippen LogP contribution in [-0.2, 0) is 33.6 Å². The largest absolute Gasteiger partial charge is 0.383 e. The fourth-order valence-corrected chi connectivity index (χ4v) is 13.2. The Hall–Kier alpha value is -5.13. The van der Waals surface area contributed by atoms with Crippen molar-refractivity contribution in [2.24, 2.45) is 85.5 Å². The molecular weight excluding hydrogens is 807 g/mol. The van der Waals surface area contributed by atoms with Crippen molar-refractivity contribution in [1.29, 1.82) is 0 Å². The number of hydrogen-bond acceptors (Lipinski definition) is 11. The van der Waals surface area contributed by atoms with Crippen molar-refractivity contribution >= 4 is 41.4 Å². The number of carbonyl (C=O) groups is 7. The average Bonchev–Trinajstić information content (AvgIpc) is 3.75. The molecular formula is C45H73N11O7. The van der Waals surface area contributed by atoms with Crippen LogP contribution in [0.15, 0.2) is 34.3 Å². The van der Waals surface area contributed by atoms with E-state index in [0.29, 0.717) is 18.5 Å². The van der Waals surface area contributed by atoms with E-state index < -0.39 is 105 Å². The molecule has 8 bridgehead atoms. The van der Waals surface area contributed by atoms with Gasteiger partial charge in [-0.25, -0.2) is 0 Å². The Kier molecular flexibility index (Phi) is 13.5. The predicted molar refractivity (Wildman–Crippen MR) is 237 cm³/mol. The first kappa shape index (κ1) is 48.9. The van der Waals surface area contributed by atoms with Gasteiger partial charge >= 0.3 is 0 Å². The molecule has 0 aliphatic carbocycles. The van der Waals surface area contributed by atoms with E-state index in [1.807, 2.05) is 41.5 Å². The number of amides is 7. The van der Waals surface area contributed by atoms with E-state index in [4.69, 9.17) is 40.1 Å². The van der Waals surface area contributed by atoms with E-state index in [1.54, 1.807) is 0 Å². The van der Waals surface area contributed by atoms with E-state index in [9.17, 15) is 33.6 Å². The van der Waals surface area contributed by atoms with E-state index in [2.05, 4.69) is 41.2 Å². The van der Waals surface area contributed by atoms with Crippen LogP contribution in [0.4, 0.5) is 0 Å². The molecule has 12 atom stereocenters. The molecule has 5 rings (SSSR count). The summed E-state index contributed by atoms with van der Waals surface area (Å²) in [5.41, 5.74) is 41.0. The van der Waals surface area contributed by atoms with Crippen LogP contribution in [0.25, 0.3) is 0 Å². The lowest BCUT2D eigenvalue weighted by atomic mass is 9.56. The van der Waals surface area contributed by atoms with Crippen molar-refractivity contribution in [2.45, 2.75) is 156 Å². The van der Waals surface area contributed by atoms with Gasteiger partial charge in [-0.3, -0.25) is 33.6 Å². The summed E-state index contributed by atoms with van der Waals surface area (Å²) >= 11 is 0. The minimum Gasteiger partial charge on any atom is -0.383 e. The van der Waals surface area contributed by atoms with Crippen molar-refractivity contribution in [2.75, 3.05) is 0 Å². The number of carbonyl (C=O) groups excluding carboxylic acids is 7. The van der Waals surface area contributed by atoms with E-state index in [0.717, 1.165) is 22.5 Å². The normalized spacial score (nSPS) is 39.7. The summed E-state index contributed by atoms with van der Waals surface area (Å²) in [6.07, 6.45) is 3.14. The molecule has 0 aromatic carbocycles. The van der Waals surface area contributed by atoms with Crippen LogP contribution < -0.4 is 61.4 Å². The van der Waals surface area contributed by atoms with Gasteiger partial charge in [-0.1, -0.05) is 34.6 Å². The highest BCUT2D eigenvalue weighted by Crippen LogP contribution is 2.62. The highest BCUT2D eigenvalue weighted by Gasteiger charge is 2.68. The van der Waals surface area contributed by atoms with Gasteiger partial charge in [0.05, 0.1) is 6.04 Å². The second-order valence-corrected chi connectivity index (χ2v) is 20.8. The fraction of sp³-hybridized carbons (Fsp3) is 0.711. The number of hydrogen-bond donors (Lipinski definition) is 11. The maximum absolute atomic E-state index is 13.4. The van der Waals surface area contributed by atoms with Gasteiger partial charge in [0.15, 0.2) is 0 Å². The highest BCUT2D eigenvalue weighted by atomic mass is 16.2. The maximum Gasteiger partial charge on any atom is 0.218 e. The standard InChI is InChI=1S/C45H73N11O7/c1-21-36-24(10-13-30(47)58)41(3,4)28(54-36)18-27-23(9-12-29(46)57)43(6,19-34(51)62)39(53-27)22(2)37-25(11-14-31(48)59)44(7,20-35(52)63)45(8,56-37)40-26(17-33(50)61)42(5,38(21)55-40)16-15-32(49)60/h18,23-27,36-37,40,53-56H,9-17,19-20H2,1-8H3,(H2,46,57)(H2,47,58)(H2,48,59)(H2,49,60)(H2,50,61)(H2,51,62)(H2,52,63)/b28-18-,38-21-,39-22-/t23-,24-,25-,26+,27?,36?,37?,40-,42-,43+,44+,45+/m1/s1. The summed E-state index contributed by atoms with van der Waals surface area (Å²) in [5.74, 6) is -5.37. The second-order valence-electron chi connectivity index (χ2n) is 20.8. The van der Waals surface area contributed by atoms with E-state index in [1.165, 1.54) is 0 Å². The summed E-state index contributed by atoms with van der Waals surface area (Å²) < 4.78 is 0. The molecule has 4 fully saturated rings. The van der Waals surface area contributed by atoms with Crippen LogP contribution in [0, 0.1) is 45.3 Å². The van der Waals surface area contributed by atoms with Gasteiger partial charge in [0.1, 0.15) is 0 Å². The summed E-state index contributed by atoms with van der Waals surface area (Å²) in [6.45, 7) is 16.1. The zero-order valence-electron chi connectivity index (χ0n) is 38.4. The minimum atomic E-state index is -1.12. The fourth-order valence-electron chi connectivity index (χ4n) is 13.2. The summed E-state index contributed by atoms with van der Waals surface area (Å²) in [4.78, 5) is 90.1. The van der Waals surface area contributed by atoms with Crippen LogP contribution in [0.5, 0.6) is 0 Å². The molecule has 3 unspecified atom stereocenters. The van der Waals surface area contributed by atoms with Gasteiger partial charge in [-0.2, -0.15) is 0 Å². The highest BCUT2D eigenvalue weighted by molar-refractivity contribution is 5.78. The number of nitrogens with two attached hydrogens (primary N) is 7. The van der Waals surface area contributed by atoms with Gasteiger partial charge in [-0.05, 0) is 81.4 Å². The van der Waals surface area contributed by atoms with Crippen molar-refractivity contribution < 1.29 is 33.6 Å². The molecule has 63 heavy (non-hydrogen) atoms. The van der Waals surface area contributed by atoms with Crippen LogP contribution in [0.2, 0.25) is 0 Å². The molecule has 18 N–H and O–H groups in total. The Labute approximate surface area is 370 Å². The molecule has 18 nitrogen and oxygen atoms in total. The third-order valence-electron chi connectivity index (χ3n) is 16.6. The topological polar surface area (TPSA) is 350 Å². The number of fused-ring (bicyclic) bond motifs is 9. The average molecular weight is 880 g/mol. The van der Waals surface area contributed by atoms with Gasteiger partial charge in [0, 0.05) is 113 Å². The van der Waals surface area contributed by atoms with Gasteiger partial charge in [-0.15, -0.1) is 0 Å². The van der Waals surface area contributed by atoms with Crippen molar-refractivity contribution in [3.8, 4) is 0 Å². The first-order chi connectivity index (χ1) is 29.0. The molecule has 7 amide bonds. The smallest absolute Gasteiger partial charge is 0.218 e. The summed E-state index contributed by atoms with van der Waals surface area (Å²) in [6, 6.07) is -2.10. The number of allylic oxidation sites excluding steroid dienone is 3. The van der Waals surface area contributed by atoms with Crippen LogP contribution in [0.1, 0.15) is 126 Å². The second kappa shape index (κ2) is 17.4. The molecule has 0 radical (unpaired) electrons. The Morgan fingerprint density at radius 3 is 1.54 bits per heavy atom. The quantitative estimate of drug-likeness (QED) is 0.0888. The molecule has 0 aromatic rings. The van der Waals surface area contributed by atoms with Gasteiger partial charge in [0.2, 0.25) is 41.4 Å². The molecule has 5 heterocycles. The lowest BCUT2D eigenvalue weighted by Crippen LogP contribution is -2.64. The molecule has 18 heteroatoms. The van der Waals surface area contributed by atoms with Crippen molar-refractivity contribution in [1.82, 2.24) is 21.3 Å². The molecule has 0 aromatic heterocycles. The van der Waals surface area contributed by atoms with Crippen LogP contribution in [-0.4, -0.2) is 71.1 Å². The Balaban J connectivity index is 1.96. The number of primary amides is 7. The Bertz CT molecular complexity index is 2030. The third kappa shape index (κ3) is 8.75. The third-order valence-corrected chi connectivity index (χ3v) is 16.6. The molecule has 0 spiro atoms. The zero-order valence-corrected chi connectivity index (χ0v) is 38.4. The molecule has 0 saturated carbocycles. The van der Waals surface area contributed by atoms with Gasteiger partial charge in [0.25, 0.3) is 0 Å². The molecule has 4 saturated heterocycles. The lowest BCUT2D eigenvalue weighted by Gasteiger charge is -2.49. The molecule has 5 aliphatic rings. The molecule has 5 aliphatic heterocycles. The monoisotopic (exact) mass is 880 g/mol. The van der Waals surface area contributed by atoms with Crippen LogP contribution >= 0.6 is 0 Å². The summed E-state index contributed by atoms with van der Waals surface area (Å²) in [5, 5.41) is 15.5. The zero-order chi connectivity index (χ0) is 47.4. The first-order valence-electron chi connectivity index (χ1n) is 22.2. The Morgan fingerprint density at radius 1 is 0.540 bits per heavy atom. The van der Waals surface area contributed by atoms with Crippen molar-refractivity contribution in [3.63, 3.8) is 0 Å². The number of nitrogens with one attached hydrogen (secondary N) is 4. The lowest BCUT2D eigenvalue weighted by molar-refractivity contribution is -0.124. The van der Waals surface area contributed by atoms with Gasteiger partial charge < -0.3 is 61.4 Å². The van der Waals surface area contributed by atoms with E-state index >= 15 is 0 Å². The first-order valence-corrected chi connectivity index (χ1v) is 22.2. The SMILES string of the molecule is C/C1=C2/N[C@H]([C@H](CC(N)=O)[C@@]2(C)CCC(N)=O)[C@]2(C)NC(/C(C)=C3\NC(/C=C4\NC1[C@@H](CCC(N)=O)C4(C)C)[C@@H](CCC(N)=O)[C@]3(C)CC(N)=O)[C@@H](CCC(N)=O)[C@]2(C)CC(N)=O. The maximum atomic E-state index is 13.4. The summed E-state index contributed by atoms with van der Waals surface area (Å²) in [7, 11) is 0.